The Balaban J connectivity index is 2.41. The van der Waals surface area contributed by atoms with E-state index in [0.29, 0.717) is 0 Å². The Labute approximate surface area is 193 Å². The van der Waals surface area contributed by atoms with Crippen LogP contribution in [0.3, 0.4) is 0 Å². The van der Waals surface area contributed by atoms with Gasteiger partial charge in [0.05, 0.1) is 21.6 Å². The maximum atomic E-state index is 13.7. The van der Waals surface area contributed by atoms with Crippen LogP contribution >= 0.6 is 7.92 Å². The zero-order valence-corrected chi connectivity index (χ0v) is 21.6. The second-order valence-electron chi connectivity index (χ2n) is 9.37. The van der Waals surface area contributed by atoms with Crippen LogP contribution in [0, 0.1) is 0 Å². The van der Waals surface area contributed by atoms with E-state index >= 15 is 0 Å². The first-order valence-corrected chi connectivity index (χ1v) is 14.0. The molecule has 0 aliphatic heterocycles. The van der Waals surface area contributed by atoms with Gasteiger partial charge in [-0.1, -0.05) is 66.7 Å². The zero-order valence-electron chi connectivity index (χ0n) is 19.1. The molecule has 0 unspecified atom stereocenters. The summed E-state index contributed by atoms with van der Waals surface area (Å²) < 4.78 is 26.6. The van der Waals surface area contributed by atoms with Crippen molar-refractivity contribution in [3.8, 4) is 0 Å². The van der Waals surface area contributed by atoms with Gasteiger partial charge in [0.2, 0.25) is 0 Å². The molecule has 31 heavy (non-hydrogen) atoms. The Morgan fingerprint density at radius 3 is 1.23 bits per heavy atom. The van der Waals surface area contributed by atoms with Gasteiger partial charge in [-0.25, -0.2) is 0 Å². The van der Waals surface area contributed by atoms with E-state index in [1.807, 2.05) is 96.1 Å². The van der Waals surface area contributed by atoms with E-state index in [-0.39, 0.29) is 0 Å². The Morgan fingerprint density at radius 1 is 0.548 bits per heavy atom. The Bertz CT molecular complexity index is 998. The molecule has 0 aromatic heterocycles. The Kier molecular flexibility index (Phi) is 7.35. The lowest BCUT2D eigenvalue weighted by Crippen LogP contribution is -2.34. The van der Waals surface area contributed by atoms with Crippen LogP contribution in [-0.2, 0) is 21.6 Å². The van der Waals surface area contributed by atoms with Crippen LogP contribution in [0.4, 0.5) is 0 Å². The van der Waals surface area contributed by atoms with E-state index < -0.39 is 39.0 Å². The summed E-state index contributed by atoms with van der Waals surface area (Å²) in [6.45, 7) is 12.0. The zero-order chi connectivity index (χ0) is 22.8. The van der Waals surface area contributed by atoms with Crippen LogP contribution in [0.2, 0.25) is 0 Å². The Morgan fingerprint density at radius 2 is 0.903 bits per heavy atom. The minimum atomic E-state index is -1.25. The molecule has 0 spiro atoms. The molecule has 2 atom stereocenters. The average molecular weight is 471 g/mol. The highest BCUT2D eigenvalue weighted by atomic mass is 32.2. The molecule has 0 heterocycles. The molecule has 0 aliphatic carbocycles. The molecular formula is C26H31O2PS2. The van der Waals surface area contributed by atoms with Crippen LogP contribution in [0.25, 0.3) is 0 Å². The van der Waals surface area contributed by atoms with Gasteiger partial charge in [0.25, 0.3) is 0 Å². The third-order valence-electron chi connectivity index (χ3n) is 4.73. The second kappa shape index (κ2) is 9.48. The van der Waals surface area contributed by atoms with Crippen molar-refractivity contribution in [2.45, 2.75) is 60.8 Å². The monoisotopic (exact) mass is 470 g/mol. The summed E-state index contributed by atoms with van der Waals surface area (Å²) in [6, 6.07) is 26.5. The van der Waals surface area contributed by atoms with Gasteiger partial charge in [0, 0.05) is 24.6 Å². The highest BCUT2D eigenvalue weighted by molar-refractivity contribution is 7.90. The molecule has 3 aromatic rings. The molecule has 0 radical (unpaired) electrons. The molecule has 3 aromatic carbocycles. The van der Waals surface area contributed by atoms with Crippen molar-refractivity contribution < 1.29 is 8.42 Å². The number of rotatable bonds is 5. The lowest BCUT2D eigenvalue weighted by atomic mass is 10.3. The smallest absolute Gasteiger partial charge is 0.0590 e. The largest absolute Gasteiger partial charge is 0.254 e. The van der Waals surface area contributed by atoms with Crippen molar-refractivity contribution in [3.63, 3.8) is 0 Å². The molecular weight excluding hydrogens is 439 g/mol. The first-order valence-electron chi connectivity index (χ1n) is 10.4. The van der Waals surface area contributed by atoms with Gasteiger partial charge < -0.3 is 0 Å². The fourth-order valence-corrected chi connectivity index (χ4v) is 8.99. The van der Waals surface area contributed by atoms with E-state index in [4.69, 9.17) is 0 Å². The summed E-state index contributed by atoms with van der Waals surface area (Å²) in [5, 5.41) is 3.29. The molecule has 2 nitrogen and oxygen atoms in total. The van der Waals surface area contributed by atoms with E-state index in [0.717, 1.165) is 25.7 Å². The third-order valence-corrected chi connectivity index (χ3v) is 11.3. The quantitative estimate of drug-likeness (QED) is 0.477. The molecule has 0 saturated carbocycles. The SMILES string of the molecule is CC(C)(C)[S@@](=O)c1cccc([S@](=O)C(C)(C)C)c1P(c1ccccc1)c1ccccc1. The lowest BCUT2D eigenvalue weighted by Gasteiger charge is -2.29. The highest BCUT2D eigenvalue weighted by Crippen LogP contribution is 2.39. The number of benzene rings is 3. The molecule has 0 amide bonds. The van der Waals surface area contributed by atoms with Gasteiger partial charge in [0.1, 0.15) is 0 Å². The summed E-state index contributed by atoms with van der Waals surface area (Å²) in [7, 11) is -3.54. The number of hydrogen-bond acceptors (Lipinski definition) is 2. The lowest BCUT2D eigenvalue weighted by molar-refractivity contribution is 0.647. The third kappa shape index (κ3) is 5.42. The highest BCUT2D eigenvalue weighted by Gasteiger charge is 2.33. The van der Waals surface area contributed by atoms with Crippen molar-refractivity contribution in [2.24, 2.45) is 0 Å². The van der Waals surface area contributed by atoms with E-state index in [2.05, 4.69) is 24.3 Å². The summed E-state index contributed by atoms with van der Waals surface area (Å²) >= 11 is 0. The van der Waals surface area contributed by atoms with Crippen LogP contribution in [-0.4, -0.2) is 17.9 Å². The van der Waals surface area contributed by atoms with E-state index in [1.54, 1.807) is 0 Å². The summed E-state index contributed by atoms with van der Waals surface area (Å²) in [6.07, 6.45) is 0. The Hall–Kier alpha value is -1.61. The van der Waals surface area contributed by atoms with Crippen molar-refractivity contribution >= 4 is 45.4 Å². The van der Waals surface area contributed by atoms with Gasteiger partial charge in [-0.15, -0.1) is 0 Å². The molecule has 0 fully saturated rings. The van der Waals surface area contributed by atoms with Crippen LogP contribution in [0.15, 0.2) is 88.7 Å². The van der Waals surface area contributed by atoms with Crippen molar-refractivity contribution in [1.82, 2.24) is 0 Å². The standard InChI is InChI=1S/C26H31O2PS2/c1-25(2,3)30(27)22-18-13-19-23(31(28)26(4,5)6)24(22)29(20-14-9-7-10-15-20)21-16-11-8-12-17-21/h7-19H,1-6H3/t30-,31-/m0/s1. The van der Waals surface area contributed by atoms with Gasteiger partial charge >= 0.3 is 0 Å². The molecule has 0 aliphatic rings. The summed E-state index contributed by atoms with van der Waals surface area (Å²) in [5.41, 5.74) is 0. The van der Waals surface area contributed by atoms with Crippen molar-refractivity contribution in [3.05, 3.63) is 78.9 Å². The minimum absolute atomic E-state index is 0.426. The fraction of sp³-hybridized carbons (Fsp3) is 0.308. The molecule has 0 N–H and O–H groups in total. The van der Waals surface area contributed by atoms with E-state index in [1.165, 1.54) is 0 Å². The van der Waals surface area contributed by atoms with Crippen LogP contribution in [0.1, 0.15) is 41.5 Å². The van der Waals surface area contributed by atoms with Crippen LogP contribution < -0.4 is 15.9 Å². The van der Waals surface area contributed by atoms with Crippen molar-refractivity contribution in [1.29, 1.82) is 0 Å². The molecule has 164 valence electrons. The molecule has 0 bridgehead atoms. The summed E-state index contributed by atoms with van der Waals surface area (Å²) in [4.78, 5) is 1.59. The molecule has 0 saturated heterocycles. The second-order valence-corrected chi connectivity index (χ2v) is 15.9. The predicted octanol–water partition coefficient (Wildman–Crippen LogP) is 5.26. The topological polar surface area (TPSA) is 34.1 Å². The van der Waals surface area contributed by atoms with Gasteiger partial charge in [-0.2, -0.15) is 0 Å². The summed E-state index contributed by atoms with van der Waals surface area (Å²) in [5.74, 6) is 0. The average Bonchev–Trinajstić information content (AvgIpc) is 2.73. The normalized spacial score (nSPS) is 14.4. The van der Waals surface area contributed by atoms with Crippen LogP contribution in [0.5, 0.6) is 0 Å². The van der Waals surface area contributed by atoms with Crippen molar-refractivity contribution in [2.75, 3.05) is 0 Å². The van der Waals surface area contributed by atoms with Gasteiger partial charge in [0.15, 0.2) is 0 Å². The molecule has 5 heteroatoms. The van der Waals surface area contributed by atoms with Gasteiger partial charge in [-0.3, -0.25) is 8.42 Å². The predicted molar refractivity (Wildman–Crippen MR) is 137 cm³/mol. The first-order chi connectivity index (χ1) is 14.5. The fourth-order valence-electron chi connectivity index (χ4n) is 3.24. The number of hydrogen-bond donors (Lipinski definition) is 0. The maximum Gasteiger partial charge on any atom is 0.0590 e. The minimum Gasteiger partial charge on any atom is -0.254 e. The van der Waals surface area contributed by atoms with E-state index in [9.17, 15) is 8.42 Å². The maximum absolute atomic E-state index is 13.7. The van der Waals surface area contributed by atoms with Gasteiger partial charge in [-0.05, 0) is 72.2 Å². The molecule has 3 rings (SSSR count). The first kappa shape index (κ1) is 24.0.